The van der Waals surface area contributed by atoms with Gasteiger partial charge in [-0.2, -0.15) is 0 Å². The molecular formula is C14H19ClN2O. The molecule has 0 aromatic heterocycles. The van der Waals surface area contributed by atoms with Crippen LogP contribution in [0.4, 0.5) is 5.69 Å². The highest BCUT2D eigenvalue weighted by Crippen LogP contribution is 2.41. The highest BCUT2D eigenvalue weighted by Gasteiger charge is 2.40. The van der Waals surface area contributed by atoms with Crippen molar-refractivity contribution in [3.8, 4) is 0 Å². The number of aliphatic hydroxyl groups is 1. The van der Waals surface area contributed by atoms with Crippen molar-refractivity contribution in [2.45, 2.75) is 50.4 Å². The molecule has 3 nitrogen and oxygen atoms in total. The first-order chi connectivity index (χ1) is 8.69. The molecule has 3 rings (SSSR count). The summed E-state index contributed by atoms with van der Waals surface area (Å²) in [7, 11) is 0. The Morgan fingerprint density at radius 3 is 2.56 bits per heavy atom. The van der Waals surface area contributed by atoms with Crippen molar-refractivity contribution in [2.75, 3.05) is 4.90 Å². The maximum atomic E-state index is 9.85. The van der Waals surface area contributed by atoms with E-state index < -0.39 is 0 Å². The second-order valence-electron chi connectivity index (χ2n) is 5.39. The predicted molar refractivity (Wildman–Crippen MR) is 73.9 cm³/mol. The van der Waals surface area contributed by atoms with Crippen LogP contribution in [-0.4, -0.2) is 23.3 Å². The molecule has 0 spiro atoms. The van der Waals surface area contributed by atoms with Crippen LogP contribution in [0.15, 0.2) is 18.2 Å². The van der Waals surface area contributed by atoms with Gasteiger partial charge >= 0.3 is 0 Å². The Kier molecular flexibility index (Phi) is 3.22. The summed E-state index contributed by atoms with van der Waals surface area (Å²) < 4.78 is 0. The van der Waals surface area contributed by atoms with Crippen molar-refractivity contribution in [1.29, 1.82) is 0 Å². The molecule has 2 fully saturated rings. The minimum Gasteiger partial charge on any atom is -0.393 e. The van der Waals surface area contributed by atoms with Gasteiger partial charge in [0.1, 0.15) is 0 Å². The number of hydrogen-bond donors (Lipinski definition) is 2. The molecule has 1 aromatic rings. The number of halogens is 1. The predicted octanol–water partition coefficient (Wildman–Crippen LogP) is 2.29. The average Bonchev–Trinajstić information content (AvgIpc) is 2.62. The summed E-state index contributed by atoms with van der Waals surface area (Å²) >= 11 is 6.03. The lowest BCUT2D eigenvalue weighted by atomic mass is 9.98. The summed E-state index contributed by atoms with van der Waals surface area (Å²) in [6.07, 6.45) is 3.97. The molecule has 0 aliphatic carbocycles. The van der Waals surface area contributed by atoms with Gasteiger partial charge in [0.15, 0.2) is 0 Å². The van der Waals surface area contributed by atoms with Gasteiger partial charge in [0.05, 0.1) is 6.10 Å². The van der Waals surface area contributed by atoms with Crippen LogP contribution in [0.3, 0.4) is 0 Å². The van der Waals surface area contributed by atoms with Crippen LogP contribution in [0.1, 0.15) is 31.2 Å². The summed E-state index contributed by atoms with van der Waals surface area (Å²) in [6, 6.07) is 6.89. The average molecular weight is 267 g/mol. The van der Waals surface area contributed by atoms with Crippen LogP contribution >= 0.6 is 11.6 Å². The number of hydrogen-bond acceptors (Lipinski definition) is 3. The van der Waals surface area contributed by atoms with Crippen molar-refractivity contribution in [3.05, 3.63) is 28.8 Å². The topological polar surface area (TPSA) is 49.5 Å². The number of anilines is 1. The highest BCUT2D eigenvalue weighted by molar-refractivity contribution is 6.30. The van der Waals surface area contributed by atoms with Crippen molar-refractivity contribution in [1.82, 2.24) is 0 Å². The largest absolute Gasteiger partial charge is 0.393 e. The molecule has 98 valence electrons. The molecule has 2 saturated heterocycles. The van der Waals surface area contributed by atoms with E-state index in [-0.39, 0.29) is 6.10 Å². The van der Waals surface area contributed by atoms with E-state index in [2.05, 4.69) is 11.0 Å². The normalized spacial score (nSPS) is 30.8. The van der Waals surface area contributed by atoms with E-state index in [0.29, 0.717) is 18.6 Å². The van der Waals surface area contributed by atoms with Crippen LogP contribution in [0.5, 0.6) is 0 Å². The molecule has 2 atom stereocenters. The number of aliphatic hydroxyl groups excluding tert-OH is 1. The van der Waals surface area contributed by atoms with Crippen LogP contribution in [0.2, 0.25) is 5.02 Å². The first-order valence-electron chi connectivity index (χ1n) is 6.64. The Hall–Kier alpha value is -0.770. The summed E-state index contributed by atoms with van der Waals surface area (Å²) in [5.41, 5.74) is 8.15. The maximum Gasteiger partial charge on any atom is 0.0579 e. The second kappa shape index (κ2) is 4.72. The van der Waals surface area contributed by atoms with Gasteiger partial charge in [-0.1, -0.05) is 11.6 Å². The summed E-state index contributed by atoms with van der Waals surface area (Å²) in [5.74, 6) is 0. The van der Waals surface area contributed by atoms with Crippen molar-refractivity contribution >= 4 is 17.3 Å². The molecule has 0 amide bonds. The van der Waals surface area contributed by atoms with Crippen LogP contribution < -0.4 is 10.6 Å². The van der Waals surface area contributed by atoms with Crippen LogP contribution in [0.25, 0.3) is 0 Å². The third-order valence-corrected chi connectivity index (χ3v) is 4.48. The van der Waals surface area contributed by atoms with E-state index in [1.165, 1.54) is 18.5 Å². The summed E-state index contributed by atoms with van der Waals surface area (Å²) in [4.78, 5) is 2.46. The van der Waals surface area contributed by atoms with Gasteiger partial charge in [-0.05, 0) is 49.4 Å². The standard InChI is InChI=1S/C14H19ClN2O/c15-10-1-4-14(9(5-10)8-16)17-11-2-3-12(17)7-13(18)6-11/h1,4-5,11-13,18H,2-3,6-8,16H2. The second-order valence-corrected chi connectivity index (χ2v) is 5.83. The number of piperidine rings is 1. The van der Waals surface area contributed by atoms with Gasteiger partial charge in [0, 0.05) is 29.3 Å². The lowest BCUT2D eigenvalue weighted by Gasteiger charge is -2.40. The minimum atomic E-state index is -0.132. The first kappa shape index (κ1) is 12.3. The molecule has 2 bridgehead atoms. The Bertz CT molecular complexity index is 437. The summed E-state index contributed by atoms with van der Waals surface area (Å²) in [5, 5.41) is 10.6. The van der Waals surface area contributed by atoms with Gasteiger partial charge in [0.25, 0.3) is 0 Å². The fourth-order valence-corrected chi connectivity index (χ4v) is 3.71. The number of benzene rings is 1. The van der Waals surface area contributed by atoms with E-state index in [4.69, 9.17) is 17.3 Å². The molecule has 0 saturated carbocycles. The molecule has 2 heterocycles. The quantitative estimate of drug-likeness (QED) is 0.864. The lowest BCUT2D eigenvalue weighted by Crippen LogP contribution is -2.45. The van der Waals surface area contributed by atoms with Gasteiger partial charge in [-0.3, -0.25) is 0 Å². The van der Waals surface area contributed by atoms with Gasteiger partial charge < -0.3 is 15.7 Å². The zero-order valence-corrected chi connectivity index (χ0v) is 11.1. The van der Waals surface area contributed by atoms with Gasteiger partial charge in [0.2, 0.25) is 0 Å². The molecule has 3 N–H and O–H groups in total. The Labute approximate surface area is 113 Å². The number of rotatable bonds is 2. The van der Waals surface area contributed by atoms with E-state index in [0.717, 1.165) is 23.4 Å². The molecule has 18 heavy (non-hydrogen) atoms. The number of nitrogens with two attached hydrogens (primary N) is 1. The number of fused-ring (bicyclic) bond motifs is 2. The maximum absolute atomic E-state index is 9.85. The Balaban J connectivity index is 1.96. The molecule has 2 aliphatic heterocycles. The first-order valence-corrected chi connectivity index (χ1v) is 7.01. The number of nitrogens with zero attached hydrogens (tertiary/aromatic N) is 1. The highest BCUT2D eigenvalue weighted by atomic mass is 35.5. The monoisotopic (exact) mass is 266 g/mol. The molecule has 2 unspecified atom stereocenters. The fourth-order valence-electron chi connectivity index (χ4n) is 3.51. The molecule has 1 aromatic carbocycles. The van der Waals surface area contributed by atoms with E-state index in [1.807, 2.05) is 12.1 Å². The van der Waals surface area contributed by atoms with E-state index in [9.17, 15) is 5.11 Å². The van der Waals surface area contributed by atoms with Gasteiger partial charge in [-0.25, -0.2) is 0 Å². The molecule has 4 heteroatoms. The summed E-state index contributed by atoms with van der Waals surface area (Å²) in [6.45, 7) is 0.508. The fraction of sp³-hybridized carbons (Fsp3) is 0.571. The zero-order chi connectivity index (χ0) is 12.7. The minimum absolute atomic E-state index is 0.132. The molecule has 2 aliphatic rings. The third kappa shape index (κ3) is 2.00. The van der Waals surface area contributed by atoms with E-state index in [1.54, 1.807) is 0 Å². The van der Waals surface area contributed by atoms with Crippen molar-refractivity contribution in [3.63, 3.8) is 0 Å². The Morgan fingerprint density at radius 2 is 1.94 bits per heavy atom. The van der Waals surface area contributed by atoms with Crippen molar-refractivity contribution in [2.24, 2.45) is 5.73 Å². The van der Waals surface area contributed by atoms with Gasteiger partial charge in [-0.15, -0.1) is 0 Å². The van der Waals surface area contributed by atoms with E-state index >= 15 is 0 Å². The lowest BCUT2D eigenvalue weighted by molar-refractivity contribution is 0.126. The third-order valence-electron chi connectivity index (χ3n) is 4.25. The molecular weight excluding hydrogens is 248 g/mol. The molecule has 0 radical (unpaired) electrons. The zero-order valence-electron chi connectivity index (χ0n) is 10.3. The van der Waals surface area contributed by atoms with Crippen LogP contribution in [0, 0.1) is 0 Å². The smallest absolute Gasteiger partial charge is 0.0579 e. The Morgan fingerprint density at radius 1 is 1.28 bits per heavy atom. The van der Waals surface area contributed by atoms with Crippen molar-refractivity contribution < 1.29 is 5.11 Å². The van der Waals surface area contributed by atoms with Crippen LogP contribution in [-0.2, 0) is 6.54 Å². The SMILES string of the molecule is NCc1cc(Cl)ccc1N1C2CCC1CC(O)C2.